The molecule has 4 aliphatic rings. The van der Waals surface area contributed by atoms with E-state index in [2.05, 4.69) is 5.32 Å². The second-order valence-corrected chi connectivity index (χ2v) is 11.4. The summed E-state index contributed by atoms with van der Waals surface area (Å²) in [6.45, 7) is 0.418. The van der Waals surface area contributed by atoms with E-state index in [1.807, 2.05) is 6.07 Å². The number of ether oxygens (including phenoxy) is 1. The highest BCUT2D eigenvalue weighted by Crippen LogP contribution is 2.45. The van der Waals surface area contributed by atoms with Crippen LogP contribution in [0.3, 0.4) is 0 Å². The van der Waals surface area contributed by atoms with Crippen LogP contribution in [0, 0.1) is 11.3 Å². The molecule has 2 fully saturated rings. The van der Waals surface area contributed by atoms with E-state index in [1.165, 1.54) is 17.0 Å². The molecule has 1 spiro atoms. The number of carbonyl (C=O) groups excluding carboxylic acids is 4. The fourth-order valence-corrected chi connectivity index (χ4v) is 6.42. The number of amides is 4. The van der Waals surface area contributed by atoms with Crippen LogP contribution in [-0.4, -0.2) is 65.4 Å². The SMILES string of the molecule is N#Cc1ccc(C2C3=C(CCCC3=O)N(c3cccc(C(F)(F)F)c3)C(=O)N2CC(=O)N2CCC3(CC2)CNC(=O)O3)cc1. The molecule has 1 unspecified atom stereocenters. The first-order valence-corrected chi connectivity index (χ1v) is 14.3. The molecule has 228 valence electrons. The van der Waals surface area contributed by atoms with Crippen LogP contribution >= 0.6 is 0 Å². The number of nitrogens with zero attached hydrogens (tertiary/aromatic N) is 4. The molecule has 4 amide bonds. The van der Waals surface area contributed by atoms with E-state index in [1.54, 1.807) is 29.2 Å². The van der Waals surface area contributed by atoms with Crippen molar-refractivity contribution < 1.29 is 37.1 Å². The monoisotopic (exact) mass is 607 g/mol. The summed E-state index contributed by atoms with van der Waals surface area (Å²) in [4.78, 5) is 57.2. The van der Waals surface area contributed by atoms with Gasteiger partial charge in [0.15, 0.2) is 5.78 Å². The lowest BCUT2D eigenvalue weighted by Gasteiger charge is -2.46. The third-order valence-electron chi connectivity index (χ3n) is 8.71. The minimum Gasteiger partial charge on any atom is -0.441 e. The van der Waals surface area contributed by atoms with Gasteiger partial charge in [-0.1, -0.05) is 18.2 Å². The number of hydrogen-bond donors (Lipinski definition) is 1. The maximum atomic E-state index is 14.4. The molecule has 2 aromatic carbocycles. The Hall–Kier alpha value is -4.86. The molecule has 0 bridgehead atoms. The van der Waals surface area contributed by atoms with Crippen molar-refractivity contribution in [1.82, 2.24) is 15.1 Å². The highest BCUT2D eigenvalue weighted by Gasteiger charge is 2.47. The van der Waals surface area contributed by atoms with Crippen molar-refractivity contribution in [2.45, 2.75) is 49.9 Å². The van der Waals surface area contributed by atoms with E-state index in [0.29, 0.717) is 42.6 Å². The Kier molecular flexibility index (Phi) is 7.31. The third kappa shape index (κ3) is 5.25. The molecule has 2 aromatic rings. The second-order valence-electron chi connectivity index (χ2n) is 11.4. The Balaban J connectivity index is 1.40. The molecule has 44 heavy (non-hydrogen) atoms. The number of Topliss-reactive ketones (excluding diaryl/α,β-unsaturated/α-hetero) is 1. The van der Waals surface area contributed by atoms with Gasteiger partial charge in [-0.25, -0.2) is 9.59 Å². The number of anilines is 1. The van der Waals surface area contributed by atoms with E-state index >= 15 is 0 Å². The number of rotatable bonds is 4. The summed E-state index contributed by atoms with van der Waals surface area (Å²) >= 11 is 0. The summed E-state index contributed by atoms with van der Waals surface area (Å²) < 4.78 is 46.5. The van der Waals surface area contributed by atoms with Gasteiger partial charge >= 0.3 is 18.3 Å². The van der Waals surface area contributed by atoms with E-state index < -0.39 is 48.0 Å². The maximum Gasteiger partial charge on any atom is 0.416 e. The maximum absolute atomic E-state index is 14.4. The second kappa shape index (κ2) is 11.0. The number of halogens is 3. The van der Waals surface area contributed by atoms with E-state index in [-0.39, 0.29) is 43.0 Å². The summed E-state index contributed by atoms with van der Waals surface area (Å²) in [5, 5.41) is 12.0. The molecule has 1 N–H and O–H groups in total. The molecule has 0 saturated carbocycles. The van der Waals surface area contributed by atoms with Crippen molar-refractivity contribution in [3.63, 3.8) is 0 Å². The van der Waals surface area contributed by atoms with Crippen LogP contribution in [0.4, 0.5) is 28.4 Å². The Labute approximate surface area is 250 Å². The van der Waals surface area contributed by atoms with Crippen LogP contribution in [0.5, 0.6) is 0 Å². The first-order valence-electron chi connectivity index (χ1n) is 14.3. The van der Waals surface area contributed by atoms with Gasteiger partial charge in [-0.15, -0.1) is 0 Å². The Bertz CT molecular complexity index is 1610. The highest BCUT2D eigenvalue weighted by molar-refractivity contribution is 6.07. The van der Waals surface area contributed by atoms with E-state index in [9.17, 15) is 37.6 Å². The number of hydrogen-bond acceptors (Lipinski definition) is 6. The number of ketones is 1. The lowest BCUT2D eigenvalue weighted by Crippen LogP contribution is -2.56. The zero-order valence-electron chi connectivity index (χ0n) is 23.5. The lowest BCUT2D eigenvalue weighted by atomic mass is 9.83. The van der Waals surface area contributed by atoms with Gasteiger partial charge in [-0.2, -0.15) is 18.4 Å². The van der Waals surface area contributed by atoms with E-state index in [4.69, 9.17) is 4.74 Å². The van der Waals surface area contributed by atoms with Crippen LogP contribution in [-0.2, 0) is 20.5 Å². The van der Waals surface area contributed by atoms with Gasteiger partial charge in [-0.05, 0) is 48.7 Å². The normalized spacial score (nSPS) is 21.6. The molecule has 1 atom stereocenters. The highest BCUT2D eigenvalue weighted by atomic mass is 19.4. The van der Waals surface area contributed by atoms with Crippen molar-refractivity contribution >= 4 is 29.5 Å². The molecule has 3 aliphatic heterocycles. The lowest BCUT2D eigenvalue weighted by molar-refractivity contribution is -0.137. The number of nitriles is 1. The van der Waals surface area contributed by atoms with Gasteiger partial charge in [-0.3, -0.25) is 14.5 Å². The average molecular weight is 608 g/mol. The number of alkyl halides is 3. The predicted molar refractivity (Wildman–Crippen MR) is 149 cm³/mol. The molecule has 1 aliphatic carbocycles. The van der Waals surface area contributed by atoms with Gasteiger partial charge in [0.05, 0.1) is 35.5 Å². The number of likely N-dealkylation sites (tertiary alicyclic amines) is 1. The first-order chi connectivity index (χ1) is 21.0. The van der Waals surface area contributed by atoms with Crippen molar-refractivity contribution in [1.29, 1.82) is 5.26 Å². The fraction of sp³-hybridized carbons (Fsp3) is 0.387. The van der Waals surface area contributed by atoms with Crippen LogP contribution in [0.15, 0.2) is 59.8 Å². The Morgan fingerprint density at radius 3 is 2.43 bits per heavy atom. The molecular formula is C31H28F3N5O5. The molecular weight excluding hydrogens is 579 g/mol. The van der Waals surface area contributed by atoms with E-state index in [0.717, 1.165) is 17.0 Å². The van der Waals surface area contributed by atoms with Gasteiger partial charge in [0, 0.05) is 43.6 Å². The zero-order chi connectivity index (χ0) is 31.2. The topological polar surface area (TPSA) is 123 Å². The number of piperidine rings is 1. The summed E-state index contributed by atoms with van der Waals surface area (Å²) in [7, 11) is 0. The number of carbonyl (C=O) groups is 4. The quantitative estimate of drug-likeness (QED) is 0.539. The zero-order valence-corrected chi connectivity index (χ0v) is 23.5. The number of urea groups is 1. The third-order valence-corrected chi connectivity index (χ3v) is 8.71. The number of benzene rings is 2. The van der Waals surface area contributed by atoms with Crippen LogP contribution in [0.25, 0.3) is 0 Å². The number of alkyl carbamates (subject to hydrolysis) is 1. The molecule has 0 aromatic heterocycles. The van der Waals surface area contributed by atoms with Gasteiger partial charge < -0.3 is 19.9 Å². The van der Waals surface area contributed by atoms with Crippen molar-refractivity contribution in [2.24, 2.45) is 0 Å². The fourth-order valence-electron chi connectivity index (χ4n) is 6.42. The molecule has 6 rings (SSSR count). The minimum atomic E-state index is -4.66. The van der Waals surface area contributed by atoms with Crippen molar-refractivity contribution in [3.05, 3.63) is 76.5 Å². The number of allylic oxidation sites excluding steroid dienone is 1. The minimum absolute atomic E-state index is 0.0572. The summed E-state index contributed by atoms with van der Waals surface area (Å²) in [6.07, 6.45) is -3.51. The number of nitrogens with one attached hydrogen (secondary N) is 1. The average Bonchev–Trinajstić information content (AvgIpc) is 3.37. The van der Waals surface area contributed by atoms with Gasteiger partial charge in [0.2, 0.25) is 5.91 Å². The van der Waals surface area contributed by atoms with Crippen LogP contribution in [0.1, 0.15) is 54.8 Å². The van der Waals surface area contributed by atoms with Crippen LogP contribution < -0.4 is 10.2 Å². The van der Waals surface area contributed by atoms with Gasteiger partial charge in [0.25, 0.3) is 0 Å². The molecule has 3 heterocycles. The summed E-state index contributed by atoms with van der Waals surface area (Å²) in [6, 6.07) is 11.0. The Morgan fingerprint density at radius 2 is 1.80 bits per heavy atom. The molecule has 0 radical (unpaired) electrons. The smallest absolute Gasteiger partial charge is 0.416 e. The van der Waals surface area contributed by atoms with Crippen molar-refractivity contribution in [2.75, 3.05) is 31.1 Å². The van der Waals surface area contributed by atoms with Crippen molar-refractivity contribution in [3.8, 4) is 6.07 Å². The molecule has 13 heteroatoms. The van der Waals surface area contributed by atoms with Crippen LogP contribution in [0.2, 0.25) is 0 Å². The molecule has 10 nitrogen and oxygen atoms in total. The largest absolute Gasteiger partial charge is 0.441 e. The Morgan fingerprint density at radius 1 is 1.07 bits per heavy atom. The summed E-state index contributed by atoms with van der Waals surface area (Å²) in [5.74, 6) is -0.682. The predicted octanol–water partition coefficient (Wildman–Crippen LogP) is 4.67. The molecule has 2 saturated heterocycles. The van der Waals surface area contributed by atoms with Gasteiger partial charge in [0.1, 0.15) is 12.1 Å². The first kappa shape index (κ1) is 29.2. The standard InChI is InChI=1S/C31H28F3N5O5/c32-31(33,34)21-3-1-4-22(15-21)39-23-5-2-6-24(40)26(23)27(20-9-7-19(16-35)8-10-20)38(29(39)43)17-25(41)37-13-11-30(12-14-37)18-36-28(42)44-30/h1,3-4,7-10,15,27H,2,5-6,11-14,17-18H2,(H,36,42). The summed E-state index contributed by atoms with van der Waals surface area (Å²) in [5.41, 5.74) is -0.303.